The van der Waals surface area contributed by atoms with Gasteiger partial charge in [0.15, 0.2) is 0 Å². The number of halogens is 1. The quantitative estimate of drug-likeness (QED) is 0.794. The van der Waals surface area contributed by atoms with Crippen molar-refractivity contribution in [3.63, 3.8) is 0 Å². The number of ether oxygens (including phenoxy) is 1. The first kappa shape index (κ1) is 16.4. The van der Waals surface area contributed by atoms with Crippen molar-refractivity contribution in [1.82, 2.24) is 10.2 Å². The Labute approximate surface area is 121 Å². The third kappa shape index (κ3) is 5.91. The first-order valence-electron chi connectivity index (χ1n) is 6.72. The van der Waals surface area contributed by atoms with Crippen molar-refractivity contribution in [2.75, 3.05) is 33.9 Å². The molecule has 0 spiro atoms. The second kappa shape index (κ2) is 8.54. The highest BCUT2D eigenvalue weighted by molar-refractivity contribution is 6.30. The van der Waals surface area contributed by atoms with Gasteiger partial charge in [-0.25, -0.2) is 0 Å². The fourth-order valence-corrected chi connectivity index (χ4v) is 2.21. The van der Waals surface area contributed by atoms with Gasteiger partial charge in [-0.1, -0.05) is 23.7 Å². The Balaban J connectivity index is 2.38. The number of likely N-dealkylation sites (N-methyl/N-ethyl adjacent to an activating group) is 1. The van der Waals surface area contributed by atoms with Crippen molar-refractivity contribution in [3.05, 3.63) is 34.9 Å². The van der Waals surface area contributed by atoms with Gasteiger partial charge in [-0.2, -0.15) is 0 Å². The van der Waals surface area contributed by atoms with E-state index in [2.05, 4.69) is 37.2 Å². The average Bonchev–Trinajstić information content (AvgIpc) is 2.38. The largest absolute Gasteiger partial charge is 0.383 e. The van der Waals surface area contributed by atoms with E-state index in [0.29, 0.717) is 12.1 Å². The molecule has 0 radical (unpaired) electrons. The van der Waals surface area contributed by atoms with Crippen LogP contribution in [0.4, 0.5) is 0 Å². The van der Waals surface area contributed by atoms with Gasteiger partial charge >= 0.3 is 0 Å². The Morgan fingerprint density at radius 3 is 2.74 bits per heavy atom. The molecule has 0 aliphatic heterocycles. The van der Waals surface area contributed by atoms with E-state index in [0.717, 1.165) is 24.7 Å². The number of rotatable bonds is 8. The molecule has 2 unspecified atom stereocenters. The molecule has 0 saturated heterocycles. The molecule has 0 fully saturated rings. The van der Waals surface area contributed by atoms with Crippen LogP contribution in [0.5, 0.6) is 0 Å². The number of nitrogens with zero attached hydrogens (tertiary/aromatic N) is 1. The molecule has 0 heterocycles. The number of methoxy groups -OCH3 is 1. The minimum atomic E-state index is 0.359. The highest BCUT2D eigenvalue weighted by Gasteiger charge is 2.11. The Hall–Kier alpha value is -0.610. The molecule has 0 aromatic heterocycles. The number of hydrogen-bond donors (Lipinski definition) is 1. The topological polar surface area (TPSA) is 24.5 Å². The molecule has 1 aromatic rings. The summed E-state index contributed by atoms with van der Waals surface area (Å²) in [6, 6.07) is 8.81. The molecule has 0 bridgehead atoms. The first-order valence-corrected chi connectivity index (χ1v) is 7.10. The number of nitrogens with one attached hydrogen (secondary N) is 1. The van der Waals surface area contributed by atoms with E-state index in [4.69, 9.17) is 16.3 Å². The van der Waals surface area contributed by atoms with Crippen LogP contribution in [-0.2, 0) is 4.74 Å². The number of benzene rings is 1. The molecule has 0 aliphatic rings. The molecule has 0 aliphatic carbocycles. The summed E-state index contributed by atoms with van der Waals surface area (Å²) in [7, 11) is 3.86. The van der Waals surface area contributed by atoms with E-state index >= 15 is 0 Å². The Morgan fingerprint density at radius 2 is 2.11 bits per heavy atom. The van der Waals surface area contributed by atoms with Crippen molar-refractivity contribution in [2.45, 2.75) is 25.9 Å². The zero-order valence-corrected chi connectivity index (χ0v) is 13.1. The van der Waals surface area contributed by atoms with Crippen molar-refractivity contribution >= 4 is 11.6 Å². The molecule has 19 heavy (non-hydrogen) atoms. The van der Waals surface area contributed by atoms with Gasteiger partial charge in [0, 0.05) is 37.3 Å². The van der Waals surface area contributed by atoms with E-state index in [-0.39, 0.29) is 0 Å². The Kier molecular flexibility index (Phi) is 7.39. The van der Waals surface area contributed by atoms with Gasteiger partial charge in [-0.05, 0) is 38.6 Å². The fourth-order valence-electron chi connectivity index (χ4n) is 2.01. The van der Waals surface area contributed by atoms with Crippen LogP contribution in [0.25, 0.3) is 0 Å². The summed E-state index contributed by atoms with van der Waals surface area (Å²) in [4.78, 5) is 2.32. The van der Waals surface area contributed by atoms with Gasteiger partial charge in [0.05, 0.1) is 6.61 Å². The molecule has 1 aromatic carbocycles. The van der Waals surface area contributed by atoms with E-state index < -0.39 is 0 Å². The maximum atomic E-state index is 6.03. The van der Waals surface area contributed by atoms with E-state index in [1.807, 2.05) is 18.2 Å². The van der Waals surface area contributed by atoms with Crippen molar-refractivity contribution < 1.29 is 4.74 Å². The maximum absolute atomic E-state index is 6.03. The van der Waals surface area contributed by atoms with E-state index in [9.17, 15) is 0 Å². The second-order valence-electron chi connectivity index (χ2n) is 5.02. The molecule has 3 nitrogen and oxygen atoms in total. The number of hydrogen-bond acceptors (Lipinski definition) is 3. The summed E-state index contributed by atoms with van der Waals surface area (Å²) >= 11 is 6.03. The van der Waals surface area contributed by atoms with Crippen LogP contribution in [0.3, 0.4) is 0 Å². The van der Waals surface area contributed by atoms with Crippen LogP contribution < -0.4 is 5.32 Å². The molecule has 1 rings (SSSR count). The van der Waals surface area contributed by atoms with Crippen LogP contribution in [0.2, 0.25) is 5.02 Å². The third-order valence-corrected chi connectivity index (χ3v) is 3.60. The molecule has 0 amide bonds. The van der Waals surface area contributed by atoms with Gasteiger partial charge in [0.2, 0.25) is 0 Å². The van der Waals surface area contributed by atoms with Gasteiger partial charge in [-0.3, -0.25) is 4.90 Å². The zero-order valence-electron chi connectivity index (χ0n) is 12.3. The maximum Gasteiger partial charge on any atom is 0.0613 e. The first-order chi connectivity index (χ1) is 9.04. The lowest BCUT2D eigenvalue weighted by molar-refractivity contribution is 0.168. The molecule has 2 atom stereocenters. The lowest BCUT2D eigenvalue weighted by Crippen LogP contribution is -2.37. The molecule has 108 valence electrons. The zero-order chi connectivity index (χ0) is 14.3. The minimum absolute atomic E-state index is 0.359. The van der Waals surface area contributed by atoms with Crippen molar-refractivity contribution in [3.8, 4) is 0 Å². The third-order valence-electron chi connectivity index (χ3n) is 3.37. The van der Waals surface area contributed by atoms with E-state index in [1.54, 1.807) is 7.11 Å². The summed E-state index contributed by atoms with van der Waals surface area (Å²) in [6.07, 6.45) is 0. The molecule has 1 N–H and O–H groups in total. The highest BCUT2D eigenvalue weighted by atomic mass is 35.5. The predicted octanol–water partition coefficient (Wildman–Crippen LogP) is 2.96. The lowest BCUT2D eigenvalue weighted by atomic mass is 10.1. The second-order valence-corrected chi connectivity index (χ2v) is 5.46. The van der Waals surface area contributed by atoms with Crippen molar-refractivity contribution in [1.29, 1.82) is 0 Å². The van der Waals surface area contributed by atoms with Gasteiger partial charge in [0.25, 0.3) is 0 Å². The average molecular weight is 285 g/mol. The molecular weight excluding hydrogens is 260 g/mol. The van der Waals surface area contributed by atoms with Crippen molar-refractivity contribution in [2.24, 2.45) is 0 Å². The smallest absolute Gasteiger partial charge is 0.0613 e. The van der Waals surface area contributed by atoms with Crippen LogP contribution in [0, 0.1) is 0 Å². The Bertz CT molecular complexity index is 373. The highest BCUT2D eigenvalue weighted by Crippen LogP contribution is 2.21. The molecule has 4 heteroatoms. The standard InChI is InChI=1S/C15H25ClN2O/c1-12(11-19-4)17-8-9-18(3)13(2)14-6-5-7-15(16)10-14/h5-7,10,12-13,17H,8-9,11H2,1-4H3. The fraction of sp³-hybridized carbons (Fsp3) is 0.600. The Morgan fingerprint density at radius 1 is 1.37 bits per heavy atom. The van der Waals surface area contributed by atoms with Crippen LogP contribution in [-0.4, -0.2) is 44.8 Å². The SMILES string of the molecule is COCC(C)NCCN(C)C(C)c1cccc(Cl)c1. The summed E-state index contributed by atoms with van der Waals surface area (Å²) in [5.74, 6) is 0. The predicted molar refractivity (Wildman–Crippen MR) is 81.8 cm³/mol. The van der Waals surface area contributed by atoms with E-state index in [1.165, 1.54) is 5.56 Å². The van der Waals surface area contributed by atoms with Gasteiger partial charge < -0.3 is 10.1 Å². The van der Waals surface area contributed by atoms with Gasteiger partial charge in [0.1, 0.15) is 0 Å². The van der Waals surface area contributed by atoms with Crippen LogP contribution in [0.1, 0.15) is 25.5 Å². The summed E-state index contributed by atoms with van der Waals surface area (Å²) in [6.45, 7) is 7.01. The summed E-state index contributed by atoms with van der Waals surface area (Å²) in [5.41, 5.74) is 1.25. The lowest BCUT2D eigenvalue weighted by Gasteiger charge is -2.26. The monoisotopic (exact) mass is 284 g/mol. The summed E-state index contributed by atoms with van der Waals surface area (Å²) in [5, 5.41) is 4.24. The molecular formula is C15H25ClN2O. The normalized spacial score (nSPS) is 14.6. The summed E-state index contributed by atoms with van der Waals surface area (Å²) < 4.78 is 5.10. The van der Waals surface area contributed by atoms with Crippen LogP contribution >= 0.6 is 11.6 Å². The van der Waals surface area contributed by atoms with Crippen LogP contribution in [0.15, 0.2) is 24.3 Å². The minimum Gasteiger partial charge on any atom is -0.383 e. The molecule has 0 saturated carbocycles. The van der Waals surface area contributed by atoms with Gasteiger partial charge in [-0.15, -0.1) is 0 Å².